The predicted molar refractivity (Wildman–Crippen MR) is 89.8 cm³/mol. The van der Waals surface area contributed by atoms with Gasteiger partial charge in [-0.25, -0.2) is 4.98 Å². The molecule has 2 heterocycles. The maximum absolute atomic E-state index is 12.6. The Labute approximate surface area is 135 Å². The first-order chi connectivity index (χ1) is 11.2. The van der Waals surface area contributed by atoms with Gasteiger partial charge in [-0.2, -0.15) is 0 Å². The largest absolute Gasteiger partial charge is 0.497 e. The van der Waals surface area contributed by atoms with Crippen molar-refractivity contribution < 1.29 is 9.53 Å². The fraction of sp³-hybridized carbons (Fsp3) is 0.294. The Morgan fingerprint density at radius 2 is 1.96 bits per heavy atom. The molecule has 0 aliphatic carbocycles. The normalized spacial score (nSPS) is 14.7. The number of methoxy groups -OCH3 is 1. The lowest BCUT2D eigenvalue weighted by Crippen LogP contribution is -2.49. The van der Waals surface area contributed by atoms with Gasteiger partial charge in [0.2, 0.25) is 0 Å². The highest BCUT2D eigenvalue weighted by molar-refractivity contribution is 5.94. The molecule has 0 spiro atoms. The lowest BCUT2D eigenvalue weighted by atomic mass is 10.1. The van der Waals surface area contributed by atoms with Gasteiger partial charge >= 0.3 is 0 Å². The molecule has 6 nitrogen and oxygen atoms in total. The van der Waals surface area contributed by atoms with Gasteiger partial charge < -0.3 is 20.3 Å². The second-order valence-electron chi connectivity index (χ2n) is 5.43. The van der Waals surface area contributed by atoms with E-state index in [1.807, 2.05) is 35.2 Å². The molecule has 1 amide bonds. The molecular formula is C17H20N4O2. The Bertz CT molecular complexity index is 696. The zero-order chi connectivity index (χ0) is 16.2. The van der Waals surface area contributed by atoms with Crippen molar-refractivity contribution in [3.63, 3.8) is 0 Å². The number of anilines is 2. The molecule has 0 saturated carbocycles. The third kappa shape index (κ3) is 3.21. The lowest BCUT2D eigenvalue weighted by Gasteiger charge is -2.35. The van der Waals surface area contributed by atoms with Crippen LogP contribution in [0.5, 0.6) is 5.75 Å². The maximum atomic E-state index is 12.6. The van der Waals surface area contributed by atoms with Crippen molar-refractivity contribution in [1.29, 1.82) is 0 Å². The smallest absolute Gasteiger partial charge is 0.254 e. The maximum Gasteiger partial charge on any atom is 0.254 e. The molecule has 1 saturated heterocycles. The van der Waals surface area contributed by atoms with Gasteiger partial charge in [0.05, 0.1) is 12.8 Å². The van der Waals surface area contributed by atoms with Gasteiger partial charge in [0, 0.05) is 37.9 Å². The summed E-state index contributed by atoms with van der Waals surface area (Å²) in [7, 11) is 1.60. The van der Waals surface area contributed by atoms with Gasteiger partial charge in [0.15, 0.2) is 5.82 Å². The average Bonchev–Trinajstić information content (AvgIpc) is 2.62. The number of hydrogen-bond acceptors (Lipinski definition) is 5. The molecule has 1 aromatic heterocycles. The first-order valence-electron chi connectivity index (χ1n) is 7.58. The van der Waals surface area contributed by atoms with Gasteiger partial charge in [0.1, 0.15) is 5.75 Å². The van der Waals surface area contributed by atoms with Gasteiger partial charge in [-0.1, -0.05) is 6.07 Å². The van der Waals surface area contributed by atoms with E-state index in [-0.39, 0.29) is 5.91 Å². The molecule has 2 N–H and O–H groups in total. The Morgan fingerprint density at radius 3 is 2.65 bits per heavy atom. The SMILES string of the molecule is COc1cccc(C(=O)N2CCN(c3ncccc3N)CC2)c1. The molecule has 1 fully saturated rings. The number of ether oxygens (including phenoxy) is 1. The number of nitrogens with zero attached hydrogens (tertiary/aromatic N) is 3. The molecule has 0 unspecified atom stereocenters. The van der Waals surface area contributed by atoms with E-state index in [2.05, 4.69) is 9.88 Å². The Morgan fingerprint density at radius 1 is 1.17 bits per heavy atom. The number of aromatic nitrogens is 1. The topological polar surface area (TPSA) is 71.7 Å². The summed E-state index contributed by atoms with van der Waals surface area (Å²) in [4.78, 5) is 20.9. The van der Waals surface area contributed by atoms with E-state index in [0.29, 0.717) is 30.1 Å². The van der Waals surface area contributed by atoms with Crippen molar-refractivity contribution in [1.82, 2.24) is 9.88 Å². The Kier molecular flexibility index (Phi) is 4.32. The number of pyridine rings is 1. The zero-order valence-corrected chi connectivity index (χ0v) is 13.1. The number of hydrogen-bond donors (Lipinski definition) is 1. The van der Waals surface area contributed by atoms with Crippen LogP contribution >= 0.6 is 0 Å². The first kappa shape index (κ1) is 15.1. The second kappa shape index (κ2) is 6.56. The molecule has 6 heteroatoms. The number of carbonyl (C=O) groups is 1. The van der Waals surface area contributed by atoms with Gasteiger partial charge in [0.25, 0.3) is 5.91 Å². The minimum atomic E-state index is 0.0255. The van der Waals surface area contributed by atoms with E-state index < -0.39 is 0 Å². The number of nitrogens with two attached hydrogens (primary N) is 1. The molecule has 0 bridgehead atoms. The number of piperazine rings is 1. The van der Waals surface area contributed by atoms with E-state index in [0.717, 1.165) is 18.9 Å². The van der Waals surface area contributed by atoms with Crippen LogP contribution in [0.1, 0.15) is 10.4 Å². The number of rotatable bonds is 3. The van der Waals surface area contributed by atoms with Crippen LogP contribution in [0.25, 0.3) is 0 Å². The Balaban J connectivity index is 1.66. The minimum Gasteiger partial charge on any atom is -0.497 e. The molecular weight excluding hydrogens is 292 g/mol. The third-order valence-corrected chi connectivity index (χ3v) is 4.00. The van der Waals surface area contributed by atoms with Gasteiger partial charge in [-0.15, -0.1) is 0 Å². The van der Waals surface area contributed by atoms with E-state index in [1.54, 1.807) is 19.4 Å². The number of amides is 1. The number of benzene rings is 1. The van der Waals surface area contributed by atoms with Crippen molar-refractivity contribution in [3.05, 3.63) is 48.2 Å². The fourth-order valence-electron chi connectivity index (χ4n) is 2.73. The van der Waals surface area contributed by atoms with Gasteiger partial charge in [-0.05, 0) is 30.3 Å². The standard InChI is InChI=1S/C17H20N4O2/c1-23-14-5-2-4-13(12-14)17(22)21-10-8-20(9-11-21)16-15(18)6-3-7-19-16/h2-7,12H,8-11,18H2,1H3. The third-order valence-electron chi connectivity index (χ3n) is 4.00. The van der Waals surface area contributed by atoms with Crippen LogP contribution in [-0.2, 0) is 0 Å². The zero-order valence-electron chi connectivity index (χ0n) is 13.1. The quantitative estimate of drug-likeness (QED) is 0.933. The van der Waals surface area contributed by atoms with Crippen molar-refractivity contribution in [2.75, 3.05) is 43.9 Å². The number of carbonyl (C=O) groups excluding carboxylic acids is 1. The van der Waals surface area contributed by atoms with Crippen molar-refractivity contribution in [2.24, 2.45) is 0 Å². The molecule has 23 heavy (non-hydrogen) atoms. The molecule has 1 aliphatic rings. The van der Waals surface area contributed by atoms with E-state index in [1.165, 1.54) is 0 Å². The molecule has 120 valence electrons. The predicted octanol–water partition coefficient (Wildman–Crippen LogP) is 1.63. The summed E-state index contributed by atoms with van der Waals surface area (Å²) in [6.07, 6.45) is 1.74. The molecule has 0 atom stereocenters. The minimum absolute atomic E-state index is 0.0255. The van der Waals surface area contributed by atoms with Gasteiger partial charge in [-0.3, -0.25) is 4.79 Å². The highest BCUT2D eigenvalue weighted by atomic mass is 16.5. The van der Waals surface area contributed by atoms with Crippen molar-refractivity contribution >= 4 is 17.4 Å². The van der Waals surface area contributed by atoms with Crippen LogP contribution in [0.2, 0.25) is 0 Å². The summed E-state index contributed by atoms with van der Waals surface area (Å²) >= 11 is 0. The molecule has 3 rings (SSSR count). The summed E-state index contributed by atoms with van der Waals surface area (Å²) in [5.41, 5.74) is 7.29. The summed E-state index contributed by atoms with van der Waals surface area (Å²) in [5.74, 6) is 1.51. The van der Waals surface area contributed by atoms with Crippen molar-refractivity contribution in [3.8, 4) is 5.75 Å². The van der Waals surface area contributed by atoms with E-state index in [4.69, 9.17) is 10.5 Å². The van der Waals surface area contributed by atoms with Crippen LogP contribution < -0.4 is 15.4 Å². The van der Waals surface area contributed by atoms with Crippen LogP contribution in [0.3, 0.4) is 0 Å². The monoisotopic (exact) mass is 312 g/mol. The van der Waals surface area contributed by atoms with Crippen LogP contribution in [0.15, 0.2) is 42.6 Å². The summed E-state index contributed by atoms with van der Waals surface area (Å²) in [6, 6.07) is 10.9. The second-order valence-corrected chi connectivity index (χ2v) is 5.43. The van der Waals surface area contributed by atoms with Crippen LogP contribution in [0.4, 0.5) is 11.5 Å². The molecule has 1 aliphatic heterocycles. The molecule has 1 aromatic carbocycles. The highest BCUT2D eigenvalue weighted by Gasteiger charge is 2.23. The molecule has 2 aromatic rings. The summed E-state index contributed by atoms with van der Waals surface area (Å²) in [6.45, 7) is 2.73. The van der Waals surface area contributed by atoms with Crippen LogP contribution in [0, 0.1) is 0 Å². The number of nitrogen functional groups attached to an aromatic ring is 1. The average molecular weight is 312 g/mol. The van der Waals surface area contributed by atoms with E-state index >= 15 is 0 Å². The molecule has 0 radical (unpaired) electrons. The fourth-order valence-corrected chi connectivity index (χ4v) is 2.73. The van der Waals surface area contributed by atoms with E-state index in [9.17, 15) is 4.79 Å². The first-order valence-corrected chi connectivity index (χ1v) is 7.58. The van der Waals surface area contributed by atoms with Crippen LogP contribution in [-0.4, -0.2) is 49.1 Å². The summed E-state index contributed by atoms with van der Waals surface area (Å²) < 4.78 is 5.18. The highest BCUT2D eigenvalue weighted by Crippen LogP contribution is 2.21. The lowest BCUT2D eigenvalue weighted by molar-refractivity contribution is 0.0746. The van der Waals surface area contributed by atoms with Crippen molar-refractivity contribution in [2.45, 2.75) is 0 Å². The summed E-state index contributed by atoms with van der Waals surface area (Å²) in [5, 5.41) is 0. The Hall–Kier alpha value is -2.76.